The fraction of sp³-hybridized carbons (Fsp3) is 0.471. The molecule has 95 heavy (non-hydrogen) atoms. The van der Waals surface area contributed by atoms with Crippen LogP contribution in [0.4, 0.5) is 0 Å². The van der Waals surface area contributed by atoms with Crippen molar-refractivity contribution in [2.24, 2.45) is 4.99 Å². The summed E-state index contributed by atoms with van der Waals surface area (Å²) in [6.45, 7) is -0.185. The lowest BCUT2D eigenvalue weighted by Gasteiger charge is -2.31. The lowest BCUT2D eigenvalue weighted by Crippen LogP contribution is -2.35. The minimum Gasteiger partial charge on any atom is -0.469 e. The van der Waals surface area contributed by atoms with Gasteiger partial charge in [-0.2, -0.15) is 0 Å². The number of H-pyrrole nitrogens is 4. The van der Waals surface area contributed by atoms with E-state index < -0.39 is 84.0 Å². The van der Waals surface area contributed by atoms with Crippen molar-refractivity contribution in [1.82, 2.24) is 19.9 Å². The van der Waals surface area contributed by atoms with Crippen molar-refractivity contribution in [2.45, 2.75) is 141 Å². The molecule has 8 bridgehead atoms. The summed E-state index contributed by atoms with van der Waals surface area (Å²) in [5, 5.41) is 0. The van der Waals surface area contributed by atoms with Crippen molar-refractivity contribution in [1.29, 1.82) is 0 Å². The second-order valence-corrected chi connectivity index (χ2v) is 22.7. The molecular formula is C68H81N5O22. The molecule has 1 unspecified atom stereocenters. The highest BCUT2D eigenvalue weighted by molar-refractivity contribution is 6.08. The number of aromatic amines is 4. The topological polar surface area (TPSA) is 365 Å². The molecule has 4 N–H and O–H groups in total. The van der Waals surface area contributed by atoms with E-state index in [4.69, 9.17) is 57.1 Å². The Balaban J connectivity index is 1.69. The number of hydrogen-bond acceptors (Lipinski definition) is 23. The first-order valence-corrected chi connectivity index (χ1v) is 30.7. The molecule has 0 aliphatic carbocycles. The molecule has 0 radical (unpaired) electrons. The molecule has 0 spiro atoms. The highest BCUT2D eigenvalue weighted by Gasteiger charge is 2.46. The third-order valence-corrected chi connectivity index (χ3v) is 17.3. The van der Waals surface area contributed by atoms with Gasteiger partial charge in [0.2, 0.25) is 0 Å². The third-order valence-electron chi connectivity index (χ3n) is 17.3. The van der Waals surface area contributed by atoms with Crippen molar-refractivity contribution in [3.8, 4) is 0 Å². The van der Waals surface area contributed by atoms with E-state index in [1.54, 1.807) is 30.3 Å². The molecule has 0 saturated carbocycles. The van der Waals surface area contributed by atoms with E-state index in [0.29, 0.717) is 78.7 Å². The van der Waals surface area contributed by atoms with Gasteiger partial charge in [0.15, 0.2) is 0 Å². The maximum absolute atomic E-state index is 14.7. The molecule has 1 atom stereocenters. The average Bonchev–Trinajstić information content (AvgIpc) is 1.58. The molecule has 4 aromatic heterocycles. The van der Waals surface area contributed by atoms with Gasteiger partial charge in [0.1, 0.15) is 12.3 Å². The van der Waals surface area contributed by atoms with Crippen molar-refractivity contribution < 1.29 is 105 Å². The van der Waals surface area contributed by atoms with Gasteiger partial charge in [-0.05, 0) is 93.3 Å². The Labute approximate surface area is 548 Å². The number of carbonyl (C=O) groups excluding carboxylic acids is 11. The number of hydrogen-bond donors (Lipinski definition) is 4. The highest BCUT2D eigenvalue weighted by atomic mass is 16.6. The highest BCUT2D eigenvalue weighted by Crippen LogP contribution is 2.46. The minimum atomic E-state index is -1.78. The van der Waals surface area contributed by atoms with E-state index >= 15 is 0 Å². The van der Waals surface area contributed by atoms with Crippen LogP contribution in [0.15, 0.2) is 46.5 Å². The van der Waals surface area contributed by atoms with Gasteiger partial charge in [-0.1, -0.05) is 30.3 Å². The van der Waals surface area contributed by atoms with Crippen LogP contribution in [0.2, 0.25) is 0 Å². The zero-order chi connectivity index (χ0) is 69.1. The molecule has 1 aromatic carbocycles. The van der Waals surface area contributed by atoms with Crippen molar-refractivity contribution in [3.63, 3.8) is 0 Å². The SMILES string of the molecule is COC(=O)CCC1=C(CC(=O)OC)C2=NC1(Cc1[nH]c(C(=O)OCc3ccccc3)c(CCC(=O)OC)c1CC(=O)OC)Cc1[nH]c(c(CC(=O)OC)c1CCC(=O)OC)Cc1[nH]c(c(CC(=O)OC)c1CCC(=O)OC)Cc1[nH]c(c(CC(=O)OC)c1CCC(=O)OC)C2. The summed E-state index contributed by atoms with van der Waals surface area (Å²) >= 11 is 0. The predicted octanol–water partition coefficient (Wildman–Crippen LogP) is 5.17. The monoisotopic (exact) mass is 1320 g/mol. The zero-order valence-corrected chi connectivity index (χ0v) is 55.2. The number of benzene rings is 1. The molecule has 6 heterocycles. The van der Waals surface area contributed by atoms with E-state index in [2.05, 4.69) is 19.9 Å². The van der Waals surface area contributed by atoms with Gasteiger partial charge < -0.3 is 72.0 Å². The van der Waals surface area contributed by atoms with Gasteiger partial charge in [0.05, 0.1) is 109 Å². The molecule has 27 heteroatoms. The van der Waals surface area contributed by atoms with E-state index in [-0.39, 0.29) is 156 Å². The molecule has 2 aliphatic heterocycles. The number of nitrogens with one attached hydrogen (secondary N) is 4. The maximum atomic E-state index is 14.7. The Morgan fingerprint density at radius 3 is 1.18 bits per heavy atom. The summed E-state index contributed by atoms with van der Waals surface area (Å²) in [5.74, 6) is -7.45. The number of esters is 11. The second kappa shape index (κ2) is 33.7. The number of nitrogens with zero attached hydrogens (tertiary/aromatic N) is 1. The van der Waals surface area contributed by atoms with E-state index in [1.807, 2.05) is 0 Å². The third kappa shape index (κ3) is 18.0. The standard InChI is InChI=1S/C68H81N5O22/c1-85-56(74)21-16-38-42(26-61(79)90-6)50-31-48-39(17-22-57(75)86-2)43(27-62(80)91-7)52(70-48)33-53-46(30-65(83)94-10)47(20-25-60(78)89-5)68(73-53,34-54-40(18-23-58(76)87-3)44(28-63(81)92-8)51(71-54)32-49(38)69-50)35-55-45(29-64(82)93-9)41(19-24-59(77)88-4)66(72-55)67(84)95-36-37-14-12-11-13-15-37/h11-15,69-72H,16-36H2,1-10H3. The van der Waals surface area contributed by atoms with Crippen LogP contribution in [0.25, 0.3) is 0 Å². The molecule has 0 amide bonds. The van der Waals surface area contributed by atoms with Gasteiger partial charge in [0, 0.05) is 110 Å². The van der Waals surface area contributed by atoms with E-state index in [0.717, 1.165) is 0 Å². The smallest absolute Gasteiger partial charge is 0.355 e. The summed E-state index contributed by atoms with van der Waals surface area (Å²) < 4.78 is 58.2. The number of methoxy groups -OCH3 is 10. The van der Waals surface area contributed by atoms with Gasteiger partial charge >= 0.3 is 65.7 Å². The summed E-state index contributed by atoms with van der Waals surface area (Å²) in [6, 6.07) is 8.85. The Bertz CT molecular complexity index is 3780. The van der Waals surface area contributed by atoms with Crippen LogP contribution in [0, 0.1) is 0 Å². The molecule has 0 saturated heterocycles. The summed E-state index contributed by atoms with van der Waals surface area (Å²) in [7, 11) is 12.2. The Morgan fingerprint density at radius 2 is 0.747 bits per heavy atom. The predicted molar refractivity (Wildman–Crippen MR) is 335 cm³/mol. The van der Waals surface area contributed by atoms with Gasteiger partial charge in [-0.3, -0.25) is 52.9 Å². The van der Waals surface area contributed by atoms with Gasteiger partial charge in [-0.25, -0.2) is 4.79 Å². The molecule has 27 nitrogen and oxygen atoms in total. The van der Waals surface area contributed by atoms with E-state index in [1.165, 1.54) is 71.1 Å². The van der Waals surface area contributed by atoms with Crippen LogP contribution < -0.4 is 0 Å². The van der Waals surface area contributed by atoms with Crippen LogP contribution in [0.1, 0.15) is 145 Å². The molecule has 0 fully saturated rings. The number of fused-ring (bicyclic) bond motifs is 7. The fourth-order valence-corrected chi connectivity index (χ4v) is 12.6. The van der Waals surface area contributed by atoms with Crippen LogP contribution in [-0.2, 0) is 190 Å². The summed E-state index contributed by atoms with van der Waals surface area (Å²) in [4.78, 5) is 171. The molecule has 5 aromatic rings. The number of carbonyl (C=O) groups is 11. The largest absolute Gasteiger partial charge is 0.469 e. The number of ether oxygens (including phenoxy) is 11. The van der Waals surface area contributed by atoms with E-state index in [9.17, 15) is 52.7 Å². The Morgan fingerprint density at radius 1 is 0.389 bits per heavy atom. The van der Waals surface area contributed by atoms with Crippen LogP contribution in [-0.4, -0.2) is 168 Å². The lowest BCUT2D eigenvalue weighted by molar-refractivity contribution is -0.141. The fourth-order valence-electron chi connectivity index (χ4n) is 12.6. The van der Waals surface area contributed by atoms with Crippen LogP contribution in [0.5, 0.6) is 0 Å². The van der Waals surface area contributed by atoms with Gasteiger partial charge in [-0.15, -0.1) is 0 Å². The Kier molecular flexibility index (Phi) is 25.6. The second-order valence-electron chi connectivity index (χ2n) is 22.7. The lowest BCUT2D eigenvalue weighted by atomic mass is 9.76. The summed E-state index contributed by atoms with van der Waals surface area (Å²) in [6.07, 6.45) is -4.50. The average molecular weight is 1320 g/mol. The minimum absolute atomic E-state index is 0.00793. The normalized spacial score (nSPS) is 14.0. The first kappa shape index (κ1) is 72.3. The first-order chi connectivity index (χ1) is 45.6. The van der Waals surface area contributed by atoms with Crippen LogP contribution >= 0.6 is 0 Å². The number of aliphatic imine (C=N–C) groups is 1. The quantitative estimate of drug-likeness (QED) is 0.0340. The number of aromatic nitrogens is 4. The Hall–Kier alpha value is -10.1. The first-order valence-electron chi connectivity index (χ1n) is 30.7. The molecular weight excluding hydrogens is 1240 g/mol. The summed E-state index contributed by atoms with van der Waals surface area (Å²) in [5.41, 5.74) is 5.29. The van der Waals surface area contributed by atoms with Crippen molar-refractivity contribution >= 4 is 71.4 Å². The van der Waals surface area contributed by atoms with Crippen LogP contribution in [0.3, 0.4) is 0 Å². The van der Waals surface area contributed by atoms with Gasteiger partial charge in [0.25, 0.3) is 0 Å². The molecule has 2 aliphatic rings. The molecule has 7 rings (SSSR count). The molecule has 510 valence electrons. The van der Waals surface area contributed by atoms with Crippen molar-refractivity contribution in [3.05, 3.63) is 137 Å². The maximum Gasteiger partial charge on any atom is 0.355 e. The van der Waals surface area contributed by atoms with Crippen molar-refractivity contribution in [2.75, 3.05) is 71.1 Å². The number of rotatable bonds is 30. The zero-order valence-electron chi connectivity index (χ0n) is 55.2.